The number of para-hydroxylation sites is 1. The fraction of sp³-hybridized carbons (Fsp3) is 0.538. The molecule has 1 heterocycles. The van der Waals surface area contributed by atoms with Crippen LogP contribution in [0.5, 0.6) is 5.75 Å². The van der Waals surface area contributed by atoms with Crippen molar-refractivity contribution < 1.29 is 9.47 Å². The van der Waals surface area contributed by atoms with Crippen molar-refractivity contribution in [2.45, 2.75) is 32.8 Å². The van der Waals surface area contributed by atoms with E-state index in [0.29, 0.717) is 6.10 Å². The van der Waals surface area contributed by atoms with Gasteiger partial charge in [0.2, 0.25) is 0 Å². The summed E-state index contributed by atoms with van der Waals surface area (Å²) in [5, 5.41) is 0. The van der Waals surface area contributed by atoms with Crippen LogP contribution >= 0.6 is 0 Å². The lowest BCUT2D eigenvalue weighted by atomic mass is 10.1. The van der Waals surface area contributed by atoms with Crippen LogP contribution in [0.3, 0.4) is 0 Å². The maximum Gasteiger partial charge on any atom is 0.119 e. The van der Waals surface area contributed by atoms with Gasteiger partial charge in [-0.1, -0.05) is 32.0 Å². The molecular formula is C13H20O2. The third-order valence-electron chi connectivity index (χ3n) is 2.21. The molecular weight excluding hydrogens is 188 g/mol. The molecule has 2 rings (SSSR count). The first-order chi connectivity index (χ1) is 7.45. The smallest absolute Gasteiger partial charge is 0.119 e. The summed E-state index contributed by atoms with van der Waals surface area (Å²) in [5.41, 5.74) is 0. The molecule has 1 aliphatic heterocycles. The molecule has 0 bridgehead atoms. The van der Waals surface area contributed by atoms with Crippen LogP contribution in [0.25, 0.3) is 0 Å². The van der Waals surface area contributed by atoms with Crippen LogP contribution in [0.4, 0.5) is 0 Å². The van der Waals surface area contributed by atoms with Crippen LogP contribution in [0.1, 0.15) is 26.7 Å². The molecule has 1 saturated heterocycles. The van der Waals surface area contributed by atoms with Crippen molar-refractivity contribution in [3.8, 4) is 5.75 Å². The number of hydrogen-bond donors (Lipinski definition) is 0. The van der Waals surface area contributed by atoms with Crippen molar-refractivity contribution in [3.05, 3.63) is 30.3 Å². The molecule has 0 aliphatic carbocycles. The quantitative estimate of drug-likeness (QED) is 0.742. The van der Waals surface area contributed by atoms with Crippen molar-refractivity contribution in [2.75, 3.05) is 13.2 Å². The molecule has 0 N–H and O–H groups in total. The van der Waals surface area contributed by atoms with E-state index in [1.807, 2.05) is 44.2 Å². The molecule has 0 aromatic heterocycles. The highest BCUT2D eigenvalue weighted by molar-refractivity contribution is 5.21. The average molecular weight is 208 g/mol. The van der Waals surface area contributed by atoms with Crippen LogP contribution in [0.2, 0.25) is 0 Å². The summed E-state index contributed by atoms with van der Waals surface area (Å²) in [6.07, 6.45) is 2.36. The molecule has 84 valence electrons. The first kappa shape index (κ1) is 12.1. The van der Waals surface area contributed by atoms with E-state index in [-0.39, 0.29) is 0 Å². The number of ether oxygens (including phenoxy) is 2. The van der Waals surface area contributed by atoms with Gasteiger partial charge in [0.05, 0.1) is 13.2 Å². The van der Waals surface area contributed by atoms with Gasteiger partial charge in [-0.3, -0.25) is 0 Å². The van der Waals surface area contributed by atoms with Gasteiger partial charge in [-0.25, -0.2) is 0 Å². The lowest BCUT2D eigenvalue weighted by molar-refractivity contribution is 0.0256. The Kier molecular flexibility index (Phi) is 5.86. The second kappa shape index (κ2) is 7.30. The summed E-state index contributed by atoms with van der Waals surface area (Å²) in [6.45, 7) is 5.66. The minimum atomic E-state index is 0.344. The lowest BCUT2D eigenvalue weighted by Crippen LogP contribution is -2.25. The first-order valence-corrected chi connectivity index (χ1v) is 5.74. The molecule has 1 aromatic rings. The molecule has 2 nitrogen and oxygen atoms in total. The average Bonchev–Trinajstić information content (AvgIpc) is 2.34. The predicted octanol–water partition coefficient (Wildman–Crippen LogP) is 3.27. The number of benzene rings is 1. The Morgan fingerprint density at radius 1 is 1.07 bits per heavy atom. The zero-order chi connectivity index (χ0) is 10.9. The van der Waals surface area contributed by atoms with Gasteiger partial charge in [-0.2, -0.15) is 0 Å². The van der Waals surface area contributed by atoms with Crippen molar-refractivity contribution >= 4 is 0 Å². The summed E-state index contributed by atoms with van der Waals surface area (Å²) >= 11 is 0. The number of rotatable bonds is 2. The number of hydrogen-bond acceptors (Lipinski definition) is 2. The van der Waals surface area contributed by atoms with Gasteiger partial charge < -0.3 is 9.47 Å². The third-order valence-corrected chi connectivity index (χ3v) is 2.21. The molecule has 0 atom stereocenters. The zero-order valence-corrected chi connectivity index (χ0v) is 9.61. The van der Waals surface area contributed by atoms with Crippen molar-refractivity contribution in [1.29, 1.82) is 0 Å². The molecule has 0 saturated carbocycles. The molecule has 0 unspecified atom stereocenters. The zero-order valence-electron chi connectivity index (χ0n) is 9.61. The van der Waals surface area contributed by atoms with Gasteiger partial charge in [-0.05, 0) is 12.1 Å². The summed E-state index contributed by atoms with van der Waals surface area (Å²) in [6, 6.07) is 9.98. The van der Waals surface area contributed by atoms with Crippen molar-refractivity contribution in [3.63, 3.8) is 0 Å². The SMILES string of the molecule is CC.c1ccc(OC2CCOCC2)cc1. The van der Waals surface area contributed by atoms with E-state index in [4.69, 9.17) is 9.47 Å². The Bertz CT molecular complexity index is 240. The topological polar surface area (TPSA) is 18.5 Å². The summed E-state index contributed by atoms with van der Waals surface area (Å²) in [7, 11) is 0. The van der Waals surface area contributed by atoms with Gasteiger partial charge >= 0.3 is 0 Å². The third kappa shape index (κ3) is 4.34. The monoisotopic (exact) mass is 208 g/mol. The highest BCUT2D eigenvalue weighted by Gasteiger charge is 2.14. The fourth-order valence-electron chi connectivity index (χ4n) is 1.49. The van der Waals surface area contributed by atoms with Gasteiger partial charge in [0, 0.05) is 12.8 Å². The maximum atomic E-state index is 5.78. The Balaban J connectivity index is 0.000000531. The molecule has 1 aliphatic rings. The Labute approximate surface area is 92.2 Å². The van der Waals surface area contributed by atoms with E-state index < -0.39 is 0 Å². The van der Waals surface area contributed by atoms with E-state index >= 15 is 0 Å². The fourth-order valence-corrected chi connectivity index (χ4v) is 1.49. The Morgan fingerprint density at radius 3 is 2.27 bits per heavy atom. The molecule has 2 heteroatoms. The van der Waals surface area contributed by atoms with E-state index in [0.717, 1.165) is 31.8 Å². The largest absolute Gasteiger partial charge is 0.490 e. The van der Waals surface area contributed by atoms with Crippen LogP contribution < -0.4 is 4.74 Å². The molecule has 0 radical (unpaired) electrons. The first-order valence-electron chi connectivity index (χ1n) is 5.74. The Morgan fingerprint density at radius 2 is 1.67 bits per heavy atom. The van der Waals surface area contributed by atoms with Crippen LogP contribution in [-0.4, -0.2) is 19.3 Å². The minimum absolute atomic E-state index is 0.344. The minimum Gasteiger partial charge on any atom is -0.490 e. The summed E-state index contributed by atoms with van der Waals surface area (Å²) in [4.78, 5) is 0. The van der Waals surface area contributed by atoms with Gasteiger partial charge in [0.25, 0.3) is 0 Å². The van der Waals surface area contributed by atoms with E-state index in [2.05, 4.69) is 0 Å². The van der Waals surface area contributed by atoms with Gasteiger partial charge in [0.15, 0.2) is 0 Å². The molecule has 1 aromatic carbocycles. The normalized spacial score (nSPS) is 16.4. The summed E-state index contributed by atoms with van der Waals surface area (Å²) in [5.74, 6) is 0.967. The predicted molar refractivity (Wildman–Crippen MR) is 62.3 cm³/mol. The van der Waals surface area contributed by atoms with Crippen molar-refractivity contribution in [1.82, 2.24) is 0 Å². The van der Waals surface area contributed by atoms with Crippen LogP contribution in [0, 0.1) is 0 Å². The molecule has 1 fully saturated rings. The molecule has 0 amide bonds. The second-order valence-electron chi connectivity index (χ2n) is 3.24. The van der Waals surface area contributed by atoms with Gasteiger partial charge in [-0.15, -0.1) is 0 Å². The van der Waals surface area contributed by atoms with E-state index in [1.54, 1.807) is 0 Å². The lowest BCUT2D eigenvalue weighted by Gasteiger charge is -2.23. The van der Waals surface area contributed by atoms with Crippen LogP contribution in [-0.2, 0) is 4.74 Å². The Hall–Kier alpha value is -1.02. The standard InChI is InChI=1S/C11H14O2.C2H6/c1-2-4-10(5-3-1)13-11-6-8-12-9-7-11;1-2/h1-5,11H,6-9H2;1-2H3. The van der Waals surface area contributed by atoms with E-state index in [1.165, 1.54) is 0 Å². The maximum absolute atomic E-state index is 5.78. The van der Waals surface area contributed by atoms with Crippen LogP contribution in [0.15, 0.2) is 30.3 Å². The highest BCUT2D eigenvalue weighted by Crippen LogP contribution is 2.16. The molecule has 15 heavy (non-hydrogen) atoms. The summed E-state index contributed by atoms with van der Waals surface area (Å²) < 4.78 is 11.0. The van der Waals surface area contributed by atoms with Crippen molar-refractivity contribution in [2.24, 2.45) is 0 Å². The second-order valence-corrected chi connectivity index (χ2v) is 3.24. The highest BCUT2D eigenvalue weighted by atomic mass is 16.5. The van der Waals surface area contributed by atoms with E-state index in [9.17, 15) is 0 Å². The molecule has 0 spiro atoms. The van der Waals surface area contributed by atoms with Gasteiger partial charge in [0.1, 0.15) is 11.9 Å².